The summed E-state index contributed by atoms with van der Waals surface area (Å²) in [5.74, 6) is 2.35. The van der Waals surface area contributed by atoms with E-state index in [1.807, 2.05) is 0 Å². The molecule has 0 aromatic heterocycles. The van der Waals surface area contributed by atoms with Crippen molar-refractivity contribution in [3.05, 3.63) is 35.9 Å². The Hall–Kier alpha value is -0.780. The molecular formula is C15H26. The summed E-state index contributed by atoms with van der Waals surface area (Å²) in [6.07, 6.45) is 1.22. The Bertz CT molecular complexity index is 238. The molecule has 0 heteroatoms. The van der Waals surface area contributed by atoms with E-state index < -0.39 is 0 Å². The van der Waals surface area contributed by atoms with Crippen LogP contribution in [0.4, 0.5) is 0 Å². The van der Waals surface area contributed by atoms with Crippen LogP contribution in [0.1, 0.15) is 40.7 Å². The molecular weight excluding hydrogens is 180 g/mol. The van der Waals surface area contributed by atoms with Crippen molar-refractivity contribution in [2.24, 2.45) is 17.8 Å². The summed E-state index contributed by atoms with van der Waals surface area (Å²) in [7, 11) is 0. The molecule has 1 aromatic carbocycles. The minimum absolute atomic E-state index is 0. The molecule has 0 atom stereocenters. The minimum Gasteiger partial charge on any atom is -0.0776 e. The van der Waals surface area contributed by atoms with E-state index in [1.54, 1.807) is 0 Å². The van der Waals surface area contributed by atoms with Gasteiger partial charge in [0.25, 0.3) is 0 Å². The van der Waals surface area contributed by atoms with E-state index in [-0.39, 0.29) is 7.43 Å². The second-order valence-electron chi connectivity index (χ2n) is 4.84. The number of benzene rings is 1. The average Bonchev–Trinajstić information content (AvgIpc) is 2.15. The maximum Gasteiger partial charge on any atom is -0.0245 e. The first-order chi connectivity index (χ1) is 6.61. The maximum atomic E-state index is 2.33. The van der Waals surface area contributed by atoms with Gasteiger partial charge in [0.15, 0.2) is 0 Å². The third-order valence-electron chi connectivity index (χ3n) is 3.03. The Balaban J connectivity index is 0.00000196. The Morgan fingerprint density at radius 1 is 0.867 bits per heavy atom. The van der Waals surface area contributed by atoms with Crippen molar-refractivity contribution in [2.75, 3.05) is 0 Å². The zero-order valence-corrected chi connectivity index (χ0v) is 9.83. The van der Waals surface area contributed by atoms with Gasteiger partial charge in [0, 0.05) is 0 Å². The molecule has 0 heterocycles. The molecule has 15 heavy (non-hydrogen) atoms. The Labute approximate surface area is 95.7 Å². The summed E-state index contributed by atoms with van der Waals surface area (Å²) in [6, 6.07) is 10.8. The molecule has 0 amide bonds. The summed E-state index contributed by atoms with van der Waals surface area (Å²) >= 11 is 0. The largest absolute Gasteiger partial charge is 0.0776 e. The Morgan fingerprint density at radius 3 is 1.73 bits per heavy atom. The van der Waals surface area contributed by atoms with Crippen molar-refractivity contribution in [1.29, 1.82) is 0 Å². The zero-order chi connectivity index (χ0) is 10.6. The van der Waals surface area contributed by atoms with Gasteiger partial charge in [-0.3, -0.25) is 0 Å². The molecule has 0 aliphatic carbocycles. The van der Waals surface area contributed by atoms with E-state index in [0.717, 1.165) is 17.8 Å². The highest BCUT2D eigenvalue weighted by Crippen LogP contribution is 2.24. The van der Waals surface area contributed by atoms with Crippen molar-refractivity contribution in [3.8, 4) is 0 Å². The van der Waals surface area contributed by atoms with Gasteiger partial charge in [0.2, 0.25) is 0 Å². The SMILES string of the molecule is C.CC(C)C(Cc1ccccc1)C(C)C. The first kappa shape index (κ1) is 14.2. The van der Waals surface area contributed by atoms with Crippen molar-refractivity contribution in [2.45, 2.75) is 41.5 Å². The maximum absolute atomic E-state index is 2.33. The van der Waals surface area contributed by atoms with E-state index >= 15 is 0 Å². The van der Waals surface area contributed by atoms with Crippen LogP contribution in [0.15, 0.2) is 30.3 Å². The van der Waals surface area contributed by atoms with Crippen LogP contribution in [0, 0.1) is 17.8 Å². The topological polar surface area (TPSA) is 0 Å². The monoisotopic (exact) mass is 206 g/mol. The highest BCUT2D eigenvalue weighted by Gasteiger charge is 2.17. The van der Waals surface area contributed by atoms with E-state index in [2.05, 4.69) is 58.0 Å². The minimum atomic E-state index is 0. The van der Waals surface area contributed by atoms with Gasteiger partial charge in [0.1, 0.15) is 0 Å². The van der Waals surface area contributed by atoms with Crippen molar-refractivity contribution >= 4 is 0 Å². The molecule has 0 bridgehead atoms. The van der Waals surface area contributed by atoms with Gasteiger partial charge in [-0.05, 0) is 29.7 Å². The Kier molecular flexibility index (Phi) is 6.31. The molecule has 0 radical (unpaired) electrons. The number of hydrogen-bond donors (Lipinski definition) is 0. The van der Waals surface area contributed by atoms with Crippen LogP contribution in [0.3, 0.4) is 0 Å². The van der Waals surface area contributed by atoms with Crippen molar-refractivity contribution < 1.29 is 0 Å². The second kappa shape index (κ2) is 6.66. The van der Waals surface area contributed by atoms with Crippen LogP contribution in [0.5, 0.6) is 0 Å². The fraction of sp³-hybridized carbons (Fsp3) is 0.600. The van der Waals surface area contributed by atoms with Crippen LogP contribution in [-0.2, 0) is 6.42 Å². The molecule has 0 spiro atoms. The molecule has 86 valence electrons. The highest BCUT2D eigenvalue weighted by molar-refractivity contribution is 5.15. The molecule has 1 rings (SSSR count). The fourth-order valence-corrected chi connectivity index (χ4v) is 2.13. The molecule has 0 unspecified atom stereocenters. The smallest absolute Gasteiger partial charge is 0.0245 e. The Morgan fingerprint density at radius 2 is 1.33 bits per heavy atom. The third-order valence-corrected chi connectivity index (χ3v) is 3.03. The highest BCUT2D eigenvalue weighted by atomic mass is 14.2. The fourth-order valence-electron chi connectivity index (χ4n) is 2.13. The summed E-state index contributed by atoms with van der Waals surface area (Å²) in [6.45, 7) is 9.31. The predicted molar refractivity (Wildman–Crippen MR) is 70.0 cm³/mol. The van der Waals surface area contributed by atoms with Gasteiger partial charge >= 0.3 is 0 Å². The standard InChI is InChI=1S/C14H22.CH4/c1-11(2)14(12(3)4)10-13-8-6-5-7-9-13;/h5-9,11-12,14H,10H2,1-4H3;1H4. The molecule has 0 saturated carbocycles. The zero-order valence-electron chi connectivity index (χ0n) is 9.83. The van der Waals surface area contributed by atoms with Crippen LogP contribution < -0.4 is 0 Å². The van der Waals surface area contributed by atoms with Crippen LogP contribution in [-0.4, -0.2) is 0 Å². The molecule has 0 aliphatic rings. The van der Waals surface area contributed by atoms with Gasteiger partial charge in [-0.15, -0.1) is 0 Å². The predicted octanol–water partition coefficient (Wildman–Crippen LogP) is 4.79. The van der Waals surface area contributed by atoms with Crippen molar-refractivity contribution in [1.82, 2.24) is 0 Å². The molecule has 0 nitrogen and oxygen atoms in total. The lowest BCUT2D eigenvalue weighted by Gasteiger charge is -2.24. The van der Waals surface area contributed by atoms with Gasteiger partial charge in [0.05, 0.1) is 0 Å². The number of hydrogen-bond acceptors (Lipinski definition) is 0. The third kappa shape index (κ3) is 4.51. The van der Waals surface area contributed by atoms with Crippen LogP contribution in [0.25, 0.3) is 0 Å². The van der Waals surface area contributed by atoms with E-state index in [0.29, 0.717) is 0 Å². The van der Waals surface area contributed by atoms with E-state index in [1.165, 1.54) is 12.0 Å². The lowest BCUT2D eigenvalue weighted by atomic mass is 9.81. The molecule has 1 aromatic rings. The van der Waals surface area contributed by atoms with Gasteiger partial charge in [-0.1, -0.05) is 65.5 Å². The van der Waals surface area contributed by atoms with Crippen molar-refractivity contribution in [3.63, 3.8) is 0 Å². The quantitative estimate of drug-likeness (QED) is 0.664. The molecule has 0 N–H and O–H groups in total. The van der Waals surface area contributed by atoms with Gasteiger partial charge in [-0.2, -0.15) is 0 Å². The van der Waals surface area contributed by atoms with Crippen LogP contribution >= 0.6 is 0 Å². The molecule has 0 saturated heterocycles. The summed E-state index contributed by atoms with van der Waals surface area (Å²) in [5.41, 5.74) is 1.47. The molecule has 0 aliphatic heterocycles. The van der Waals surface area contributed by atoms with E-state index in [9.17, 15) is 0 Å². The lowest BCUT2D eigenvalue weighted by molar-refractivity contribution is 0.286. The van der Waals surface area contributed by atoms with Gasteiger partial charge in [-0.25, -0.2) is 0 Å². The summed E-state index contributed by atoms with van der Waals surface area (Å²) in [5, 5.41) is 0. The normalized spacial score (nSPS) is 10.9. The lowest BCUT2D eigenvalue weighted by Crippen LogP contribution is -2.18. The first-order valence-corrected chi connectivity index (χ1v) is 5.65. The van der Waals surface area contributed by atoms with Crippen LogP contribution in [0.2, 0.25) is 0 Å². The average molecular weight is 206 g/mol. The second-order valence-corrected chi connectivity index (χ2v) is 4.84. The summed E-state index contributed by atoms with van der Waals surface area (Å²) < 4.78 is 0. The summed E-state index contributed by atoms with van der Waals surface area (Å²) in [4.78, 5) is 0. The van der Waals surface area contributed by atoms with E-state index in [4.69, 9.17) is 0 Å². The first-order valence-electron chi connectivity index (χ1n) is 5.65. The van der Waals surface area contributed by atoms with Gasteiger partial charge < -0.3 is 0 Å². The molecule has 0 fully saturated rings. The number of rotatable bonds is 4.